The van der Waals surface area contributed by atoms with E-state index in [-0.39, 0.29) is 18.1 Å². The van der Waals surface area contributed by atoms with Gasteiger partial charge < -0.3 is 14.6 Å². The Balaban J connectivity index is 1.55. The summed E-state index contributed by atoms with van der Waals surface area (Å²) in [6.07, 6.45) is 5.99. The lowest BCUT2D eigenvalue weighted by Crippen LogP contribution is -2.38. The summed E-state index contributed by atoms with van der Waals surface area (Å²) in [4.78, 5) is 22.4. The van der Waals surface area contributed by atoms with Gasteiger partial charge in [-0.15, -0.1) is 10.2 Å². The van der Waals surface area contributed by atoms with Crippen molar-refractivity contribution in [3.63, 3.8) is 0 Å². The minimum Gasteiger partial charge on any atom is -0.446 e. The molecular weight excluding hydrogens is 392 g/mol. The van der Waals surface area contributed by atoms with Crippen LogP contribution < -0.4 is 0 Å². The van der Waals surface area contributed by atoms with Gasteiger partial charge in [-0.2, -0.15) is 0 Å². The third-order valence-electron chi connectivity index (χ3n) is 6.17. The van der Waals surface area contributed by atoms with Gasteiger partial charge in [0.2, 0.25) is 0 Å². The summed E-state index contributed by atoms with van der Waals surface area (Å²) in [5, 5.41) is 8.90. The number of H-pyrrole nitrogens is 1. The Labute approximate surface area is 183 Å². The van der Waals surface area contributed by atoms with E-state index in [1.807, 2.05) is 17.2 Å². The van der Waals surface area contributed by atoms with Crippen LogP contribution in [0.5, 0.6) is 0 Å². The van der Waals surface area contributed by atoms with Crippen molar-refractivity contribution in [3.05, 3.63) is 24.3 Å². The van der Waals surface area contributed by atoms with Gasteiger partial charge in [0.1, 0.15) is 11.9 Å². The smallest absolute Gasteiger partial charge is 0.410 e. The van der Waals surface area contributed by atoms with Crippen LogP contribution in [0.15, 0.2) is 18.5 Å². The summed E-state index contributed by atoms with van der Waals surface area (Å²) < 4.78 is 8.13. The quantitative estimate of drug-likeness (QED) is 0.595. The lowest BCUT2D eigenvalue weighted by molar-refractivity contribution is 0.0569. The van der Waals surface area contributed by atoms with Crippen LogP contribution in [0.3, 0.4) is 0 Å². The van der Waals surface area contributed by atoms with Crippen LogP contribution in [0.25, 0.3) is 16.8 Å². The number of carbonyl (C=O) groups is 1. The van der Waals surface area contributed by atoms with E-state index in [2.05, 4.69) is 59.2 Å². The SMILES string of the molecule is CC[C@@H]1C[C@H](OC(=O)N(CC(C)C)CC(C)C)CC1c1nnc2cnc3[nH]ccc3n12. The molecule has 168 valence electrons. The minimum atomic E-state index is -0.189. The van der Waals surface area contributed by atoms with Crippen LogP contribution in [0, 0.1) is 17.8 Å². The molecule has 4 rings (SSSR count). The number of aromatic nitrogens is 5. The fourth-order valence-electron chi connectivity index (χ4n) is 4.90. The van der Waals surface area contributed by atoms with Crippen molar-refractivity contribution in [1.82, 2.24) is 29.5 Å². The maximum atomic E-state index is 13.0. The van der Waals surface area contributed by atoms with Gasteiger partial charge in [-0.1, -0.05) is 41.0 Å². The average Bonchev–Trinajstić information content (AvgIpc) is 3.43. The molecule has 1 fully saturated rings. The zero-order chi connectivity index (χ0) is 22.1. The van der Waals surface area contributed by atoms with Crippen LogP contribution in [0.1, 0.15) is 65.6 Å². The van der Waals surface area contributed by atoms with Gasteiger partial charge in [0, 0.05) is 25.2 Å². The number of fused-ring (bicyclic) bond motifs is 3. The van der Waals surface area contributed by atoms with E-state index >= 15 is 0 Å². The molecule has 8 heteroatoms. The summed E-state index contributed by atoms with van der Waals surface area (Å²) in [6.45, 7) is 12.2. The Morgan fingerprint density at radius 2 is 1.97 bits per heavy atom. The Morgan fingerprint density at radius 1 is 1.23 bits per heavy atom. The zero-order valence-corrected chi connectivity index (χ0v) is 19.2. The molecule has 1 saturated carbocycles. The number of hydrogen-bond acceptors (Lipinski definition) is 5. The van der Waals surface area contributed by atoms with Crippen molar-refractivity contribution in [2.24, 2.45) is 17.8 Å². The first-order valence-corrected chi connectivity index (χ1v) is 11.5. The summed E-state index contributed by atoms with van der Waals surface area (Å²) in [5.74, 6) is 2.35. The number of aromatic amines is 1. The topological polar surface area (TPSA) is 88.4 Å². The van der Waals surface area contributed by atoms with Crippen LogP contribution in [0.4, 0.5) is 4.79 Å². The molecule has 1 N–H and O–H groups in total. The van der Waals surface area contributed by atoms with Crippen molar-refractivity contribution in [2.45, 2.75) is 65.9 Å². The third-order valence-corrected chi connectivity index (χ3v) is 6.17. The number of rotatable bonds is 7. The minimum absolute atomic E-state index is 0.0971. The molecule has 0 spiro atoms. The molecule has 8 nitrogen and oxygen atoms in total. The van der Waals surface area contributed by atoms with Gasteiger partial charge in [0.05, 0.1) is 11.7 Å². The predicted molar refractivity (Wildman–Crippen MR) is 120 cm³/mol. The lowest BCUT2D eigenvalue weighted by atomic mass is 9.93. The van der Waals surface area contributed by atoms with Gasteiger partial charge in [0.15, 0.2) is 11.3 Å². The van der Waals surface area contributed by atoms with Gasteiger partial charge >= 0.3 is 6.09 Å². The molecule has 0 saturated heterocycles. The first-order valence-electron chi connectivity index (χ1n) is 11.5. The van der Waals surface area contributed by atoms with Crippen LogP contribution in [-0.4, -0.2) is 54.8 Å². The molecule has 1 aliphatic carbocycles. The maximum Gasteiger partial charge on any atom is 0.410 e. The van der Waals surface area contributed by atoms with E-state index in [4.69, 9.17) is 4.74 Å². The number of hydrogen-bond donors (Lipinski definition) is 1. The van der Waals surface area contributed by atoms with Crippen molar-refractivity contribution >= 4 is 22.9 Å². The molecule has 0 radical (unpaired) electrons. The number of nitrogens with zero attached hydrogens (tertiary/aromatic N) is 5. The summed E-state index contributed by atoms with van der Waals surface area (Å²) in [7, 11) is 0. The highest BCUT2D eigenvalue weighted by Gasteiger charge is 2.39. The van der Waals surface area contributed by atoms with Crippen LogP contribution in [0.2, 0.25) is 0 Å². The largest absolute Gasteiger partial charge is 0.446 e. The maximum absolute atomic E-state index is 13.0. The highest BCUT2D eigenvalue weighted by molar-refractivity contribution is 5.74. The number of nitrogens with one attached hydrogen (secondary N) is 1. The summed E-state index contributed by atoms with van der Waals surface area (Å²) in [5.41, 5.74) is 2.55. The molecule has 3 aromatic rings. The second-order valence-corrected chi connectivity index (χ2v) is 9.67. The van der Waals surface area contributed by atoms with E-state index in [9.17, 15) is 4.79 Å². The second kappa shape index (κ2) is 8.85. The molecule has 3 aromatic heterocycles. The Hall–Kier alpha value is -2.64. The van der Waals surface area contributed by atoms with Crippen molar-refractivity contribution in [3.8, 4) is 0 Å². The molecule has 0 aromatic carbocycles. The van der Waals surface area contributed by atoms with Gasteiger partial charge in [-0.25, -0.2) is 9.78 Å². The zero-order valence-electron chi connectivity index (χ0n) is 19.2. The van der Waals surface area contributed by atoms with Gasteiger partial charge in [-0.05, 0) is 36.7 Å². The molecule has 31 heavy (non-hydrogen) atoms. The Morgan fingerprint density at radius 3 is 2.65 bits per heavy atom. The molecule has 3 heterocycles. The molecule has 1 amide bonds. The normalized spacial score (nSPS) is 21.6. The second-order valence-electron chi connectivity index (χ2n) is 9.67. The highest BCUT2D eigenvalue weighted by atomic mass is 16.6. The summed E-state index contributed by atoms with van der Waals surface area (Å²) >= 11 is 0. The van der Waals surface area contributed by atoms with Crippen LogP contribution in [-0.2, 0) is 4.74 Å². The monoisotopic (exact) mass is 426 g/mol. The average molecular weight is 427 g/mol. The Bertz CT molecular complexity index is 1030. The predicted octanol–water partition coefficient (Wildman–Crippen LogP) is 4.63. The first-order chi connectivity index (χ1) is 14.9. The first kappa shape index (κ1) is 21.6. The van der Waals surface area contributed by atoms with Crippen molar-refractivity contribution in [2.75, 3.05) is 13.1 Å². The fraction of sp³-hybridized carbons (Fsp3) is 0.652. The highest BCUT2D eigenvalue weighted by Crippen LogP contribution is 2.42. The van der Waals surface area contributed by atoms with Gasteiger partial charge in [-0.3, -0.25) is 4.40 Å². The molecule has 3 atom stereocenters. The molecule has 0 bridgehead atoms. The molecular formula is C23H34N6O2. The standard InChI is InChI=1S/C23H34N6O2/c1-6-16-9-17(31-23(30)28(12-14(2)3)13-15(4)5)10-18(16)22-27-26-20-11-25-21-19(29(20)22)7-8-24-21/h7-8,11,14-18,24H,6,9-10,12-13H2,1-5H3/t16-,17+,18?/m1/s1. The van der Waals surface area contributed by atoms with Crippen molar-refractivity contribution < 1.29 is 9.53 Å². The fourth-order valence-corrected chi connectivity index (χ4v) is 4.90. The third kappa shape index (κ3) is 4.38. The molecule has 0 aliphatic heterocycles. The number of carbonyl (C=O) groups excluding carboxylic acids is 1. The van der Waals surface area contributed by atoms with E-state index in [1.54, 1.807) is 6.20 Å². The molecule has 1 unspecified atom stereocenters. The van der Waals surface area contributed by atoms with E-state index < -0.39 is 0 Å². The van der Waals surface area contributed by atoms with Crippen molar-refractivity contribution in [1.29, 1.82) is 0 Å². The summed E-state index contributed by atoms with van der Waals surface area (Å²) in [6, 6.07) is 2.01. The lowest BCUT2D eigenvalue weighted by Gasteiger charge is -2.27. The van der Waals surface area contributed by atoms with E-state index in [0.29, 0.717) is 17.8 Å². The van der Waals surface area contributed by atoms with E-state index in [1.165, 1.54) is 0 Å². The Kier molecular flexibility index (Phi) is 6.16. The van der Waals surface area contributed by atoms with Gasteiger partial charge in [0.25, 0.3) is 0 Å². The van der Waals surface area contributed by atoms with Crippen LogP contribution >= 0.6 is 0 Å². The molecule has 1 aliphatic rings. The van der Waals surface area contributed by atoms with E-state index in [0.717, 1.165) is 55.0 Å². The number of amides is 1. The number of ether oxygens (including phenoxy) is 1.